The maximum atomic E-state index is 11.6. The molecule has 0 radical (unpaired) electrons. The Morgan fingerprint density at radius 2 is 2.19 bits per heavy atom. The van der Waals surface area contributed by atoms with Gasteiger partial charge in [0, 0.05) is 17.8 Å². The van der Waals surface area contributed by atoms with Crippen molar-refractivity contribution in [2.75, 3.05) is 7.11 Å². The predicted molar refractivity (Wildman–Crippen MR) is 58.7 cm³/mol. The summed E-state index contributed by atoms with van der Waals surface area (Å²) in [5.74, 6) is -0.815. The van der Waals surface area contributed by atoms with Crippen LogP contribution < -0.4 is 0 Å². The molecule has 0 bridgehead atoms. The molecule has 0 N–H and O–H groups in total. The molecular formula is C12H15NO3. The number of ether oxygens (including phenoxy) is 1. The number of methoxy groups -OCH3 is 1. The third-order valence-corrected chi connectivity index (χ3v) is 2.34. The smallest absolute Gasteiger partial charge is 0.313 e. The van der Waals surface area contributed by atoms with Crippen molar-refractivity contribution in [3.63, 3.8) is 0 Å². The van der Waals surface area contributed by atoms with E-state index in [2.05, 4.69) is 9.72 Å². The highest BCUT2D eigenvalue weighted by molar-refractivity contribution is 5.96. The molecule has 1 heterocycles. The SMILES string of the molecule is COC(=O)CC(=O)C(C)Cc1ccccn1. The Morgan fingerprint density at radius 3 is 2.75 bits per heavy atom. The molecule has 86 valence electrons. The molecule has 1 aromatic rings. The summed E-state index contributed by atoms with van der Waals surface area (Å²) in [5.41, 5.74) is 0.855. The molecule has 1 aromatic heterocycles. The number of pyridine rings is 1. The van der Waals surface area contributed by atoms with Crippen molar-refractivity contribution in [2.45, 2.75) is 19.8 Å². The van der Waals surface area contributed by atoms with E-state index >= 15 is 0 Å². The second-order valence-electron chi connectivity index (χ2n) is 3.65. The van der Waals surface area contributed by atoms with Crippen LogP contribution in [0.2, 0.25) is 0 Å². The topological polar surface area (TPSA) is 56.3 Å². The van der Waals surface area contributed by atoms with Crippen LogP contribution in [0, 0.1) is 5.92 Å². The number of hydrogen-bond donors (Lipinski definition) is 0. The minimum absolute atomic E-state index is 0.113. The highest BCUT2D eigenvalue weighted by atomic mass is 16.5. The zero-order chi connectivity index (χ0) is 12.0. The highest BCUT2D eigenvalue weighted by Gasteiger charge is 2.17. The van der Waals surface area contributed by atoms with Gasteiger partial charge in [-0.25, -0.2) is 0 Å². The van der Waals surface area contributed by atoms with Crippen molar-refractivity contribution in [2.24, 2.45) is 5.92 Å². The monoisotopic (exact) mass is 221 g/mol. The molecule has 0 amide bonds. The molecular weight excluding hydrogens is 206 g/mol. The van der Waals surface area contributed by atoms with E-state index in [1.165, 1.54) is 7.11 Å². The van der Waals surface area contributed by atoms with Gasteiger partial charge < -0.3 is 4.74 Å². The minimum atomic E-state index is -0.488. The molecule has 1 atom stereocenters. The van der Waals surface area contributed by atoms with Gasteiger partial charge in [0.25, 0.3) is 0 Å². The Hall–Kier alpha value is -1.71. The van der Waals surface area contributed by atoms with Crippen molar-refractivity contribution in [1.29, 1.82) is 0 Å². The average molecular weight is 221 g/mol. The van der Waals surface area contributed by atoms with Crippen molar-refractivity contribution >= 4 is 11.8 Å². The molecule has 0 aliphatic rings. The number of carbonyl (C=O) groups is 2. The summed E-state index contributed by atoms with van der Waals surface area (Å²) in [7, 11) is 1.28. The summed E-state index contributed by atoms with van der Waals surface area (Å²) in [6, 6.07) is 5.56. The molecule has 4 heteroatoms. The van der Waals surface area contributed by atoms with E-state index in [-0.39, 0.29) is 18.1 Å². The molecule has 0 saturated carbocycles. The first-order chi connectivity index (χ1) is 7.63. The quantitative estimate of drug-likeness (QED) is 0.557. The second kappa shape index (κ2) is 6.00. The van der Waals surface area contributed by atoms with Crippen LogP contribution in [0.3, 0.4) is 0 Å². The van der Waals surface area contributed by atoms with Gasteiger partial charge in [0.2, 0.25) is 0 Å². The number of ketones is 1. The fraction of sp³-hybridized carbons (Fsp3) is 0.417. The first-order valence-corrected chi connectivity index (χ1v) is 5.13. The van der Waals surface area contributed by atoms with Crippen LogP contribution in [0.4, 0.5) is 0 Å². The van der Waals surface area contributed by atoms with Crippen molar-refractivity contribution in [3.05, 3.63) is 30.1 Å². The van der Waals surface area contributed by atoms with Gasteiger partial charge in [-0.3, -0.25) is 14.6 Å². The summed E-state index contributed by atoms with van der Waals surface area (Å²) in [6.07, 6.45) is 2.08. The van der Waals surface area contributed by atoms with Gasteiger partial charge in [0.1, 0.15) is 12.2 Å². The van der Waals surface area contributed by atoms with Crippen molar-refractivity contribution in [1.82, 2.24) is 4.98 Å². The number of aromatic nitrogens is 1. The van der Waals surface area contributed by atoms with Gasteiger partial charge >= 0.3 is 5.97 Å². The molecule has 1 rings (SSSR count). The molecule has 16 heavy (non-hydrogen) atoms. The molecule has 0 aromatic carbocycles. The molecule has 0 spiro atoms. The van der Waals surface area contributed by atoms with Crippen LogP contribution in [0.25, 0.3) is 0 Å². The Balaban J connectivity index is 2.49. The lowest BCUT2D eigenvalue weighted by Gasteiger charge is -2.08. The van der Waals surface area contributed by atoms with Crippen LogP contribution in [-0.4, -0.2) is 23.8 Å². The Bertz CT molecular complexity index is 362. The van der Waals surface area contributed by atoms with E-state index in [0.29, 0.717) is 6.42 Å². The second-order valence-corrected chi connectivity index (χ2v) is 3.65. The molecule has 0 aliphatic heterocycles. The van der Waals surface area contributed by atoms with E-state index in [4.69, 9.17) is 0 Å². The average Bonchev–Trinajstić information content (AvgIpc) is 2.30. The Morgan fingerprint density at radius 1 is 1.44 bits per heavy atom. The number of Topliss-reactive ketones (excluding diaryl/α,β-unsaturated/α-hetero) is 1. The van der Waals surface area contributed by atoms with Gasteiger partial charge in [0.05, 0.1) is 7.11 Å². The molecule has 0 aliphatic carbocycles. The summed E-state index contributed by atoms with van der Waals surface area (Å²) < 4.78 is 4.45. The minimum Gasteiger partial charge on any atom is -0.469 e. The normalized spacial score (nSPS) is 11.9. The summed E-state index contributed by atoms with van der Waals surface area (Å²) in [5, 5.41) is 0. The van der Waals surface area contributed by atoms with Crippen LogP contribution in [0.1, 0.15) is 19.0 Å². The fourth-order valence-electron chi connectivity index (χ4n) is 1.34. The molecule has 4 nitrogen and oxygen atoms in total. The van der Waals surface area contributed by atoms with Gasteiger partial charge in [-0.15, -0.1) is 0 Å². The van der Waals surface area contributed by atoms with Crippen molar-refractivity contribution < 1.29 is 14.3 Å². The zero-order valence-electron chi connectivity index (χ0n) is 9.47. The number of nitrogens with zero attached hydrogens (tertiary/aromatic N) is 1. The number of rotatable bonds is 5. The van der Waals surface area contributed by atoms with E-state index in [1.54, 1.807) is 13.1 Å². The third-order valence-electron chi connectivity index (χ3n) is 2.34. The highest BCUT2D eigenvalue weighted by Crippen LogP contribution is 2.09. The lowest BCUT2D eigenvalue weighted by Crippen LogP contribution is -2.18. The van der Waals surface area contributed by atoms with E-state index < -0.39 is 5.97 Å². The van der Waals surface area contributed by atoms with Gasteiger partial charge in [-0.1, -0.05) is 13.0 Å². The van der Waals surface area contributed by atoms with Crippen LogP contribution in [-0.2, 0) is 20.7 Å². The molecule has 0 saturated heterocycles. The maximum absolute atomic E-state index is 11.6. The molecule has 0 fully saturated rings. The van der Waals surface area contributed by atoms with Crippen molar-refractivity contribution in [3.8, 4) is 0 Å². The van der Waals surface area contributed by atoms with Crippen LogP contribution in [0.15, 0.2) is 24.4 Å². The third kappa shape index (κ3) is 3.81. The first kappa shape index (κ1) is 12.4. The lowest BCUT2D eigenvalue weighted by molar-refractivity contribution is -0.144. The van der Waals surface area contributed by atoms with Gasteiger partial charge in [0.15, 0.2) is 0 Å². The Kier molecular flexibility index (Phi) is 4.64. The summed E-state index contributed by atoms with van der Waals surface area (Å²) in [4.78, 5) is 26.6. The number of hydrogen-bond acceptors (Lipinski definition) is 4. The lowest BCUT2D eigenvalue weighted by atomic mass is 9.98. The van der Waals surface area contributed by atoms with Crippen LogP contribution in [0.5, 0.6) is 0 Å². The summed E-state index contributed by atoms with van der Waals surface area (Å²) >= 11 is 0. The fourth-order valence-corrected chi connectivity index (χ4v) is 1.34. The Labute approximate surface area is 94.6 Å². The number of esters is 1. The zero-order valence-corrected chi connectivity index (χ0v) is 9.47. The number of carbonyl (C=O) groups excluding carboxylic acids is 2. The van der Waals surface area contributed by atoms with E-state index in [1.807, 2.05) is 18.2 Å². The largest absolute Gasteiger partial charge is 0.469 e. The molecule has 1 unspecified atom stereocenters. The van der Waals surface area contributed by atoms with E-state index in [0.717, 1.165) is 5.69 Å². The van der Waals surface area contributed by atoms with E-state index in [9.17, 15) is 9.59 Å². The van der Waals surface area contributed by atoms with Gasteiger partial charge in [-0.2, -0.15) is 0 Å². The van der Waals surface area contributed by atoms with Gasteiger partial charge in [-0.05, 0) is 18.6 Å². The maximum Gasteiger partial charge on any atom is 0.313 e. The predicted octanol–water partition coefficient (Wildman–Crippen LogP) is 1.39. The summed E-state index contributed by atoms with van der Waals surface area (Å²) in [6.45, 7) is 1.79. The van der Waals surface area contributed by atoms with Crippen LogP contribution >= 0.6 is 0 Å². The standard InChI is InChI=1S/C12H15NO3/c1-9(11(14)8-12(15)16-2)7-10-5-3-4-6-13-10/h3-6,9H,7-8H2,1-2H3. The first-order valence-electron chi connectivity index (χ1n) is 5.13.